The fraction of sp³-hybridized carbons (Fsp3) is 0.519. The standard InChI is InChI=1S/C27H33N3O5/c1-5-26-11-7-13-28(4)23(32)19(26)20-24(33)30(15-16-31)22-25(34)29(14-8-12-27(20,22)35-26)21-17(2)9-6-10-18(21)3/h6-12,19-20,22,31H,5,13-16H2,1-4H3/t19-,20-,22?,26+,27-/m0/s1. The van der Waals surface area contributed by atoms with Crippen LogP contribution in [0.5, 0.6) is 0 Å². The van der Waals surface area contributed by atoms with E-state index in [-0.39, 0.29) is 30.9 Å². The van der Waals surface area contributed by atoms with Crippen molar-refractivity contribution in [3.8, 4) is 0 Å². The van der Waals surface area contributed by atoms with E-state index in [1.165, 1.54) is 4.90 Å². The number of aliphatic hydroxyl groups is 1. The van der Waals surface area contributed by atoms with Crippen LogP contribution in [0.4, 0.5) is 5.69 Å². The smallest absolute Gasteiger partial charge is 0.253 e. The molecular weight excluding hydrogens is 446 g/mol. The average Bonchev–Trinajstić information content (AvgIpc) is 3.12. The molecule has 0 aliphatic carbocycles. The fourth-order valence-corrected chi connectivity index (χ4v) is 6.66. The van der Waals surface area contributed by atoms with Crippen molar-refractivity contribution in [1.82, 2.24) is 9.80 Å². The number of likely N-dealkylation sites (N-methyl/N-ethyl adjacent to an activating group) is 1. The zero-order valence-corrected chi connectivity index (χ0v) is 20.7. The van der Waals surface area contributed by atoms with E-state index in [1.807, 2.05) is 63.3 Å². The van der Waals surface area contributed by atoms with Crippen LogP contribution in [-0.4, -0.2) is 83.2 Å². The van der Waals surface area contributed by atoms with Gasteiger partial charge in [-0.2, -0.15) is 0 Å². The molecule has 5 atom stereocenters. The van der Waals surface area contributed by atoms with Gasteiger partial charge in [0.2, 0.25) is 11.8 Å². The van der Waals surface area contributed by atoms with Crippen molar-refractivity contribution < 1.29 is 24.2 Å². The van der Waals surface area contributed by atoms with Crippen molar-refractivity contribution in [3.63, 3.8) is 0 Å². The summed E-state index contributed by atoms with van der Waals surface area (Å²) >= 11 is 0. The number of carbonyl (C=O) groups excluding carboxylic acids is 3. The maximum absolute atomic E-state index is 14.3. The highest BCUT2D eigenvalue weighted by Gasteiger charge is 2.75. The Labute approximate surface area is 205 Å². The molecule has 1 aromatic rings. The van der Waals surface area contributed by atoms with Crippen molar-refractivity contribution in [2.24, 2.45) is 11.8 Å². The molecule has 1 aromatic carbocycles. The second-order valence-electron chi connectivity index (χ2n) is 10.1. The zero-order chi connectivity index (χ0) is 25.1. The van der Waals surface area contributed by atoms with E-state index in [1.54, 1.807) is 16.8 Å². The number of hydrogen-bond acceptors (Lipinski definition) is 5. The molecule has 4 heterocycles. The van der Waals surface area contributed by atoms with E-state index in [2.05, 4.69) is 0 Å². The average molecular weight is 480 g/mol. The Morgan fingerprint density at radius 2 is 1.69 bits per heavy atom. The molecule has 8 nitrogen and oxygen atoms in total. The third kappa shape index (κ3) is 3.16. The van der Waals surface area contributed by atoms with Crippen molar-refractivity contribution in [2.75, 3.05) is 38.2 Å². The highest BCUT2D eigenvalue weighted by Crippen LogP contribution is 2.58. The van der Waals surface area contributed by atoms with Gasteiger partial charge in [0, 0.05) is 32.4 Å². The molecule has 2 saturated heterocycles. The lowest BCUT2D eigenvalue weighted by molar-refractivity contribution is -0.149. The molecule has 1 unspecified atom stereocenters. The number of anilines is 1. The quantitative estimate of drug-likeness (QED) is 0.663. The van der Waals surface area contributed by atoms with Crippen LogP contribution in [0, 0.1) is 25.7 Å². The van der Waals surface area contributed by atoms with Gasteiger partial charge in [-0.1, -0.05) is 49.4 Å². The monoisotopic (exact) mass is 479 g/mol. The van der Waals surface area contributed by atoms with Crippen LogP contribution in [0.15, 0.2) is 42.5 Å². The lowest BCUT2D eigenvalue weighted by Gasteiger charge is -2.38. The molecule has 0 aromatic heterocycles. The SMILES string of the molecule is CC[C@@]12C=CCN(C)C(=O)[C@@H]1[C@H]1C(=O)N(CCO)C3C(=O)N(c4c(C)cccc4C)CC=C[C@@]31O2. The van der Waals surface area contributed by atoms with Gasteiger partial charge in [-0.25, -0.2) is 0 Å². The van der Waals surface area contributed by atoms with Gasteiger partial charge in [-0.15, -0.1) is 0 Å². The Bertz CT molecular complexity index is 1130. The molecule has 186 valence electrons. The van der Waals surface area contributed by atoms with Crippen LogP contribution in [0.25, 0.3) is 0 Å². The van der Waals surface area contributed by atoms with E-state index in [0.29, 0.717) is 19.5 Å². The van der Waals surface area contributed by atoms with Gasteiger partial charge in [-0.3, -0.25) is 14.4 Å². The first kappa shape index (κ1) is 23.8. The number of ether oxygens (including phenoxy) is 1. The minimum Gasteiger partial charge on any atom is -0.395 e. The summed E-state index contributed by atoms with van der Waals surface area (Å²) in [4.78, 5) is 46.7. The second-order valence-corrected chi connectivity index (χ2v) is 10.1. The van der Waals surface area contributed by atoms with Crippen LogP contribution in [0.3, 0.4) is 0 Å². The highest BCUT2D eigenvalue weighted by molar-refractivity contribution is 6.06. The lowest BCUT2D eigenvalue weighted by atomic mass is 9.73. The molecule has 1 N–H and O–H groups in total. The highest BCUT2D eigenvalue weighted by atomic mass is 16.5. The van der Waals surface area contributed by atoms with Crippen molar-refractivity contribution in [1.29, 1.82) is 0 Å². The molecule has 4 aliphatic heterocycles. The first-order chi connectivity index (χ1) is 16.7. The van der Waals surface area contributed by atoms with E-state index in [9.17, 15) is 19.5 Å². The Kier molecular flexibility index (Phi) is 5.64. The van der Waals surface area contributed by atoms with E-state index >= 15 is 0 Å². The number of carbonyl (C=O) groups is 3. The minimum absolute atomic E-state index is 0.00298. The molecule has 8 heteroatoms. The number of para-hydroxylation sites is 1. The van der Waals surface area contributed by atoms with Crippen LogP contribution >= 0.6 is 0 Å². The second kappa shape index (κ2) is 8.31. The molecule has 5 rings (SSSR count). The number of fused-ring (bicyclic) bond motifs is 2. The molecule has 0 bridgehead atoms. The van der Waals surface area contributed by atoms with Crippen molar-refractivity contribution >= 4 is 23.4 Å². The summed E-state index contributed by atoms with van der Waals surface area (Å²) in [6.45, 7) is 6.34. The zero-order valence-electron chi connectivity index (χ0n) is 20.7. The predicted octanol–water partition coefficient (Wildman–Crippen LogP) is 1.59. The summed E-state index contributed by atoms with van der Waals surface area (Å²) in [6.07, 6.45) is 8.05. The molecule has 3 amide bonds. The molecular formula is C27H33N3O5. The lowest BCUT2D eigenvalue weighted by Crippen LogP contribution is -2.56. The van der Waals surface area contributed by atoms with Gasteiger partial charge in [0.25, 0.3) is 5.91 Å². The van der Waals surface area contributed by atoms with E-state index < -0.39 is 29.1 Å². The summed E-state index contributed by atoms with van der Waals surface area (Å²) in [5.74, 6) is -2.34. The molecule has 2 fully saturated rings. The number of β-amino-alcohol motifs (C(OH)–C–C–N with tert-alkyl or cyclic N) is 1. The van der Waals surface area contributed by atoms with E-state index in [4.69, 9.17) is 4.74 Å². The Morgan fingerprint density at radius 1 is 1.00 bits per heavy atom. The molecule has 35 heavy (non-hydrogen) atoms. The fourth-order valence-electron chi connectivity index (χ4n) is 6.66. The maximum atomic E-state index is 14.3. The Balaban J connectivity index is 1.69. The number of benzene rings is 1. The van der Waals surface area contributed by atoms with Crippen molar-refractivity contribution in [3.05, 3.63) is 53.6 Å². The minimum atomic E-state index is -1.30. The van der Waals surface area contributed by atoms with Crippen LogP contribution < -0.4 is 4.90 Å². The van der Waals surface area contributed by atoms with Gasteiger partial charge in [0.15, 0.2) is 0 Å². The molecule has 1 spiro atoms. The number of hydrogen-bond donors (Lipinski definition) is 1. The topological polar surface area (TPSA) is 90.4 Å². The van der Waals surface area contributed by atoms with E-state index in [0.717, 1.165) is 16.8 Å². The summed E-state index contributed by atoms with van der Waals surface area (Å²) in [7, 11) is 1.72. The number of likely N-dealkylation sites (tertiary alicyclic amines) is 1. The van der Waals surface area contributed by atoms with Gasteiger partial charge in [-0.05, 0) is 31.4 Å². The summed E-state index contributed by atoms with van der Waals surface area (Å²) in [6, 6.07) is 4.90. The number of amides is 3. The molecule has 0 saturated carbocycles. The summed E-state index contributed by atoms with van der Waals surface area (Å²) < 4.78 is 6.85. The van der Waals surface area contributed by atoms with Gasteiger partial charge in [0.05, 0.1) is 24.0 Å². The number of aliphatic hydroxyl groups excluding tert-OH is 1. The first-order valence-corrected chi connectivity index (χ1v) is 12.3. The van der Waals surface area contributed by atoms with Gasteiger partial charge < -0.3 is 24.5 Å². The number of aryl methyl sites for hydroxylation is 2. The van der Waals surface area contributed by atoms with Crippen LogP contribution in [0.1, 0.15) is 24.5 Å². The van der Waals surface area contributed by atoms with Gasteiger partial charge >= 0.3 is 0 Å². The predicted molar refractivity (Wildman–Crippen MR) is 131 cm³/mol. The van der Waals surface area contributed by atoms with Crippen LogP contribution in [0.2, 0.25) is 0 Å². The van der Waals surface area contributed by atoms with Crippen LogP contribution in [-0.2, 0) is 19.1 Å². The molecule has 0 radical (unpaired) electrons. The third-order valence-corrected chi connectivity index (χ3v) is 8.19. The van der Waals surface area contributed by atoms with Gasteiger partial charge in [0.1, 0.15) is 11.6 Å². The largest absolute Gasteiger partial charge is 0.395 e. The van der Waals surface area contributed by atoms with Crippen molar-refractivity contribution in [2.45, 2.75) is 44.4 Å². The maximum Gasteiger partial charge on any atom is 0.253 e. The summed E-state index contributed by atoms with van der Waals surface area (Å²) in [5.41, 5.74) is 0.448. The Morgan fingerprint density at radius 3 is 2.34 bits per heavy atom. The summed E-state index contributed by atoms with van der Waals surface area (Å²) in [5, 5.41) is 9.83. The third-order valence-electron chi connectivity index (χ3n) is 8.19. The normalized spacial score (nSPS) is 34.1. The first-order valence-electron chi connectivity index (χ1n) is 12.3. The number of nitrogens with zero attached hydrogens (tertiary/aromatic N) is 3. The molecule has 4 aliphatic rings. The Hall–Kier alpha value is -2.97. The number of rotatable bonds is 4.